The van der Waals surface area contributed by atoms with Gasteiger partial charge in [0.25, 0.3) is 0 Å². The van der Waals surface area contributed by atoms with Crippen LogP contribution in [0.1, 0.15) is 5.56 Å². The Kier molecular flexibility index (Phi) is 3.19. The molecule has 1 aromatic carbocycles. The Morgan fingerprint density at radius 1 is 1.50 bits per heavy atom. The lowest BCUT2D eigenvalue weighted by Gasteiger charge is -2.03. The van der Waals surface area contributed by atoms with E-state index in [9.17, 15) is 4.39 Å². The Balaban J connectivity index is 2.60. The highest BCUT2D eigenvalue weighted by Crippen LogP contribution is 2.37. The van der Waals surface area contributed by atoms with Gasteiger partial charge >= 0.3 is 0 Å². The first kappa shape index (κ1) is 11.8. The molecule has 0 aliphatic rings. The Hall–Kier alpha value is -0.650. The van der Waals surface area contributed by atoms with Crippen molar-refractivity contribution in [2.75, 3.05) is 5.73 Å². The van der Waals surface area contributed by atoms with Gasteiger partial charge in [0, 0.05) is 5.56 Å². The summed E-state index contributed by atoms with van der Waals surface area (Å²) in [4.78, 5) is 4.11. The van der Waals surface area contributed by atoms with Crippen LogP contribution in [0.3, 0.4) is 0 Å². The van der Waals surface area contributed by atoms with Crippen LogP contribution in [0.4, 0.5) is 10.2 Å². The second kappa shape index (κ2) is 4.31. The molecule has 0 fully saturated rings. The predicted octanol–water partition coefficient (Wildman–Crippen LogP) is 4.26. The highest BCUT2D eigenvalue weighted by Gasteiger charge is 2.13. The summed E-state index contributed by atoms with van der Waals surface area (Å²) in [7, 11) is 0. The van der Waals surface area contributed by atoms with Gasteiger partial charge < -0.3 is 5.73 Å². The first-order valence-corrected chi connectivity index (χ1v) is 6.35. The predicted molar refractivity (Wildman–Crippen MR) is 69.4 cm³/mol. The van der Waals surface area contributed by atoms with Crippen molar-refractivity contribution in [3.63, 3.8) is 0 Å². The van der Waals surface area contributed by atoms with Gasteiger partial charge in [-0.15, -0.1) is 11.3 Å². The fourth-order valence-corrected chi connectivity index (χ4v) is 2.89. The summed E-state index contributed by atoms with van der Waals surface area (Å²) < 4.78 is 14.1. The zero-order valence-electron chi connectivity index (χ0n) is 8.22. The third kappa shape index (κ3) is 2.07. The maximum absolute atomic E-state index is 13.4. The minimum Gasteiger partial charge on any atom is -0.382 e. The van der Waals surface area contributed by atoms with Crippen LogP contribution in [0.2, 0.25) is 5.02 Å². The Labute approximate surface area is 109 Å². The minimum atomic E-state index is -0.302. The number of nitrogens with zero attached hydrogens (tertiary/aromatic N) is 1. The van der Waals surface area contributed by atoms with Crippen molar-refractivity contribution in [1.29, 1.82) is 0 Å². The van der Waals surface area contributed by atoms with Crippen LogP contribution < -0.4 is 5.73 Å². The summed E-state index contributed by atoms with van der Waals surface area (Å²) in [6.07, 6.45) is 0. The first-order valence-electron chi connectivity index (χ1n) is 4.37. The lowest BCUT2D eigenvalue weighted by molar-refractivity contribution is 0.619. The minimum absolute atomic E-state index is 0.302. The van der Waals surface area contributed by atoms with E-state index in [2.05, 4.69) is 20.9 Å². The summed E-state index contributed by atoms with van der Waals surface area (Å²) in [5.74, 6) is 0.0846. The summed E-state index contributed by atoms with van der Waals surface area (Å²) in [5.41, 5.74) is 6.69. The van der Waals surface area contributed by atoms with Crippen molar-refractivity contribution in [2.24, 2.45) is 0 Å². The van der Waals surface area contributed by atoms with Crippen molar-refractivity contribution >= 4 is 44.7 Å². The molecule has 6 heteroatoms. The quantitative estimate of drug-likeness (QED) is 0.852. The lowest BCUT2D eigenvalue weighted by atomic mass is 10.1. The fourth-order valence-electron chi connectivity index (χ4n) is 1.24. The monoisotopic (exact) mass is 320 g/mol. The smallest absolute Gasteiger partial charge is 0.149 e. The molecule has 0 aliphatic carbocycles. The van der Waals surface area contributed by atoms with Crippen molar-refractivity contribution in [3.05, 3.63) is 32.3 Å². The molecule has 2 nitrogen and oxygen atoms in total. The summed E-state index contributed by atoms with van der Waals surface area (Å²) in [5, 5.41) is 1.08. The van der Waals surface area contributed by atoms with Crippen LogP contribution >= 0.6 is 38.9 Å². The van der Waals surface area contributed by atoms with E-state index in [1.807, 2.05) is 0 Å². The van der Waals surface area contributed by atoms with E-state index in [0.717, 1.165) is 3.79 Å². The van der Waals surface area contributed by atoms with E-state index >= 15 is 0 Å². The number of aromatic nitrogens is 1. The molecule has 2 rings (SSSR count). The topological polar surface area (TPSA) is 38.9 Å². The third-order valence-electron chi connectivity index (χ3n) is 2.09. The molecule has 0 amide bonds. The lowest BCUT2D eigenvalue weighted by Crippen LogP contribution is -1.88. The Morgan fingerprint density at radius 2 is 2.19 bits per heavy atom. The Morgan fingerprint density at radius 3 is 2.75 bits per heavy atom. The molecule has 84 valence electrons. The molecule has 1 aromatic heterocycles. The molecule has 0 radical (unpaired) electrons. The van der Waals surface area contributed by atoms with Gasteiger partial charge in [0.2, 0.25) is 0 Å². The number of hydrogen-bond acceptors (Lipinski definition) is 3. The van der Waals surface area contributed by atoms with Gasteiger partial charge in [-0.25, -0.2) is 9.37 Å². The number of benzene rings is 1. The highest BCUT2D eigenvalue weighted by atomic mass is 79.9. The zero-order chi connectivity index (χ0) is 11.9. The van der Waals surface area contributed by atoms with Gasteiger partial charge in [-0.3, -0.25) is 0 Å². The molecule has 0 spiro atoms. The molecule has 0 aliphatic heterocycles. The van der Waals surface area contributed by atoms with Crippen LogP contribution in [-0.4, -0.2) is 4.98 Å². The fraction of sp³-hybridized carbons (Fsp3) is 0.100. The zero-order valence-corrected chi connectivity index (χ0v) is 11.4. The van der Waals surface area contributed by atoms with E-state index in [0.29, 0.717) is 27.0 Å². The first-order chi connectivity index (χ1) is 7.49. The van der Waals surface area contributed by atoms with E-state index < -0.39 is 0 Å². The number of anilines is 1. The average molecular weight is 322 g/mol. The molecule has 0 saturated heterocycles. The molecule has 16 heavy (non-hydrogen) atoms. The van der Waals surface area contributed by atoms with Crippen LogP contribution in [0.5, 0.6) is 0 Å². The van der Waals surface area contributed by atoms with Crippen molar-refractivity contribution in [1.82, 2.24) is 4.98 Å². The summed E-state index contributed by atoms with van der Waals surface area (Å²) >= 11 is 10.6. The molecular formula is C10H7BrClFN2S. The maximum Gasteiger partial charge on any atom is 0.149 e. The van der Waals surface area contributed by atoms with Gasteiger partial charge in [-0.1, -0.05) is 11.6 Å². The molecule has 0 atom stereocenters. The van der Waals surface area contributed by atoms with Crippen molar-refractivity contribution in [2.45, 2.75) is 6.92 Å². The van der Waals surface area contributed by atoms with Crippen LogP contribution in [0, 0.1) is 12.7 Å². The molecular weight excluding hydrogens is 315 g/mol. The van der Waals surface area contributed by atoms with E-state index in [1.165, 1.54) is 17.4 Å². The highest BCUT2D eigenvalue weighted by molar-refractivity contribution is 9.11. The van der Waals surface area contributed by atoms with E-state index in [-0.39, 0.29) is 5.82 Å². The number of aryl methyl sites for hydroxylation is 1. The van der Waals surface area contributed by atoms with Crippen LogP contribution in [0.25, 0.3) is 10.6 Å². The van der Waals surface area contributed by atoms with Gasteiger partial charge in [0.1, 0.15) is 20.4 Å². The average Bonchev–Trinajstić information content (AvgIpc) is 2.53. The molecule has 0 unspecified atom stereocenters. The van der Waals surface area contributed by atoms with Gasteiger partial charge in [-0.2, -0.15) is 0 Å². The van der Waals surface area contributed by atoms with Gasteiger partial charge in [0.15, 0.2) is 0 Å². The van der Waals surface area contributed by atoms with Crippen LogP contribution in [-0.2, 0) is 0 Å². The number of hydrogen-bond donors (Lipinski definition) is 1. The number of halogens is 3. The van der Waals surface area contributed by atoms with E-state index in [1.54, 1.807) is 13.0 Å². The molecule has 2 N–H and O–H groups in total. The normalized spacial score (nSPS) is 10.8. The van der Waals surface area contributed by atoms with Gasteiger partial charge in [0.05, 0.1) is 5.02 Å². The Bertz CT molecular complexity index is 536. The van der Waals surface area contributed by atoms with E-state index in [4.69, 9.17) is 17.3 Å². The SMILES string of the molecule is Cc1cc(Cl)c(-c2nc(N)c(Br)s2)cc1F. The third-order valence-corrected chi connectivity index (χ3v) is 4.19. The van der Waals surface area contributed by atoms with Crippen LogP contribution in [0.15, 0.2) is 15.9 Å². The van der Waals surface area contributed by atoms with Crippen molar-refractivity contribution in [3.8, 4) is 10.6 Å². The summed E-state index contributed by atoms with van der Waals surface area (Å²) in [6.45, 7) is 1.66. The largest absolute Gasteiger partial charge is 0.382 e. The van der Waals surface area contributed by atoms with Gasteiger partial charge in [-0.05, 0) is 40.5 Å². The number of rotatable bonds is 1. The second-order valence-corrected chi connectivity index (χ2v) is 5.98. The number of nitrogens with two attached hydrogens (primary N) is 1. The maximum atomic E-state index is 13.4. The molecule has 1 heterocycles. The standard InChI is InChI=1S/C10H7BrClFN2S/c1-4-2-6(12)5(3-7(4)13)10-15-9(14)8(11)16-10/h2-3H,14H2,1H3. The molecule has 2 aromatic rings. The number of nitrogen functional groups attached to an aromatic ring is 1. The van der Waals surface area contributed by atoms with Crippen molar-refractivity contribution < 1.29 is 4.39 Å². The number of thiazole rings is 1. The summed E-state index contributed by atoms with van der Waals surface area (Å²) in [6, 6.07) is 2.96. The second-order valence-electron chi connectivity index (χ2n) is 3.26. The molecule has 0 saturated carbocycles. The molecule has 0 bridgehead atoms.